The SMILES string of the molecule is COc1ccc(/C=C2\C(=O)NC(=O)N(c3ccccc3Cl)C2=O)c(OC(C)C)c1. The van der Waals surface area contributed by atoms with E-state index in [4.69, 9.17) is 21.1 Å². The Hall–Kier alpha value is -3.32. The lowest BCUT2D eigenvalue weighted by Gasteiger charge is -2.27. The number of methoxy groups -OCH3 is 1. The van der Waals surface area contributed by atoms with E-state index >= 15 is 0 Å². The van der Waals surface area contributed by atoms with Crippen molar-refractivity contribution in [3.63, 3.8) is 0 Å². The number of nitrogens with zero attached hydrogens (tertiary/aromatic N) is 1. The Bertz CT molecular complexity index is 1020. The summed E-state index contributed by atoms with van der Waals surface area (Å²) in [6, 6.07) is 10.5. The van der Waals surface area contributed by atoms with Crippen molar-refractivity contribution in [2.45, 2.75) is 20.0 Å². The highest BCUT2D eigenvalue weighted by Gasteiger charge is 2.37. The quantitative estimate of drug-likeness (QED) is 0.594. The first-order chi connectivity index (χ1) is 13.8. The molecule has 0 spiro atoms. The number of anilines is 1. The van der Waals surface area contributed by atoms with Crippen molar-refractivity contribution < 1.29 is 23.9 Å². The second kappa shape index (κ2) is 8.36. The standard InChI is InChI=1S/C21H19ClN2O5/c1-12(2)29-18-11-14(28-3)9-8-13(18)10-15-19(25)23-21(27)24(20(15)26)17-7-5-4-6-16(17)22/h4-12H,1-3H3,(H,23,25,27)/b15-10+. The van der Waals surface area contributed by atoms with Gasteiger partial charge in [-0.05, 0) is 44.2 Å². The molecule has 1 aliphatic heterocycles. The first-order valence-corrected chi connectivity index (χ1v) is 9.20. The zero-order valence-corrected chi connectivity index (χ0v) is 16.8. The molecule has 0 atom stereocenters. The number of barbiturate groups is 1. The van der Waals surface area contributed by atoms with Gasteiger partial charge in [-0.3, -0.25) is 14.9 Å². The highest BCUT2D eigenvalue weighted by molar-refractivity contribution is 6.42. The molecule has 1 fully saturated rings. The molecule has 2 aromatic carbocycles. The molecule has 0 unspecified atom stereocenters. The van der Waals surface area contributed by atoms with E-state index in [1.807, 2.05) is 13.8 Å². The van der Waals surface area contributed by atoms with E-state index in [1.54, 1.807) is 36.4 Å². The Morgan fingerprint density at radius 2 is 1.83 bits per heavy atom. The van der Waals surface area contributed by atoms with Gasteiger partial charge in [-0.2, -0.15) is 0 Å². The Morgan fingerprint density at radius 3 is 2.48 bits per heavy atom. The summed E-state index contributed by atoms with van der Waals surface area (Å²) < 4.78 is 11.0. The van der Waals surface area contributed by atoms with Crippen LogP contribution in [-0.4, -0.2) is 31.1 Å². The second-order valence-corrected chi connectivity index (χ2v) is 6.89. The Kier molecular flexibility index (Phi) is 5.89. The summed E-state index contributed by atoms with van der Waals surface area (Å²) in [4.78, 5) is 38.5. The number of imide groups is 2. The van der Waals surface area contributed by atoms with E-state index in [0.29, 0.717) is 17.1 Å². The first kappa shape index (κ1) is 20.4. The maximum Gasteiger partial charge on any atom is 0.335 e. The van der Waals surface area contributed by atoms with E-state index in [1.165, 1.54) is 19.3 Å². The number of amides is 4. The molecule has 0 aromatic heterocycles. The smallest absolute Gasteiger partial charge is 0.335 e. The number of nitrogens with one attached hydrogen (secondary N) is 1. The Balaban J connectivity index is 2.06. The lowest BCUT2D eigenvalue weighted by molar-refractivity contribution is -0.122. The Labute approximate surface area is 172 Å². The van der Waals surface area contributed by atoms with Crippen LogP contribution >= 0.6 is 11.6 Å². The average molecular weight is 415 g/mol. The second-order valence-electron chi connectivity index (χ2n) is 6.48. The van der Waals surface area contributed by atoms with Crippen LogP contribution < -0.4 is 19.7 Å². The van der Waals surface area contributed by atoms with E-state index in [2.05, 4.69) is 5.32 Å². The molecule has 8 heteroatoms. The number of rotatable bonds is 5. The molecule has 1 heterocycles. The molecule has 0 aliphatic carbocycles. The van der Waals surface area contributed by atoms with E-state index in [0.717, 1.165) is 4.90 Å². The highest BCUT2D eigenvalue weighted by atomic mass is 35.5. The van der Waals surface area contributed by atoms with E-state index in [-0.39, 0.29) is 22.4 Å². The minimum Gasteiger partial charge on any atom is -0.497 e. The molecule has 150 valence electrons. The summed E-state index contributed by atoms with van der Waals surface area (Å²) in [5.74, 6) is -0.573. The van der Waals surface area contributed by atoms with Crippen LogP contribution in [0.4, 0.5) is 10.5 Å². The van der Waals surface area contributed by atoms with Gasteiger partial charge in [0.05, 0.1) is 23.9 Å². The molecule has 0 radical (unpaired) electrons. The number of halogens is 1. The van der Waals surface area contributed by atoms with Gasteiger partial charge in [0.25, 0.3) is 11.8 Å². The average Bonchev–Trinajstić information content (AvgIpc) is 2.67. The van der Waals surface area contributed by atoms with Crippen molar-refractivity contribution in [3.8, 4) is 11.5 Å². The van der Waals surface area contributed by atoms with Crippen molar-refractivity contribution in [1.29, 1.82) is 0 Å². The summed E-state index contributed by atoms with van der Waals surface area (Å²) in [6.45, 7) is 3.71. The van der Waals surface area contributed by atoms with Crippen LogP contribution in [0, 0.1) is 0 Å². The van der Waals surface area contributed by atoms with Crippen molar-refractivity contribution in [1.82, 2.24) is 5.32 Å². The molecule has 1 aliphatic rings. The van der Waals surface area contributed by atoms with Gasteiger partial charge in [-0.25, -0.2) is 9.69 Å². The summed E-state index contributed by atoms with van der Waals surface area (Å²) in [5, 5.41) is 2.38. The fourth-order valence-corrected chi connectivity index (χ4v) is 3.00. The number of carbonyl (C=O) groups excluding carboxylic acids is 3. The molecule has 29 heavy (non-hydrogen) atoms. The number of para-hydroxylation sites is 1. The van der Waals surface area contributed by atoms with Crippen LogP contribution in [0.3, 0.4) is 0 Å². The van der Waals surface area contributed by atoms with Crippen molar-refractivity contribution in [3.05, 3.63) is 58.6 Å². The van der Waals surface area contributed by atoms with Crippen molar-refractivity contribution >= 4 is 41.2 Å². The zero-order chi connectivity index (χ0) is 21.1. The molecule has 0 saturated carbocycles. The van der Waals surface area contributed by atoms with Gasteiger partial charge in [0.1, 0.15) is 17.1 Å². The fraction of sp³-hybridized carbons (Fsp3) is 0.190. The molecule has 1 N–H and O–H groups in total. The zero-order valence-electron chi connectivity index (χ0n) is 16.1. The number of ether oxygens (including phenoxy) is 2. The number of hydrogen-bond acceptors (Lipinski definition) is 5. The third kappa shape index (κ3) is 4.25. The number of urea groups is 1. The summed E-state index contributed by atoms with van der Waals surface area (Å²) in [7, 11) is 1.53. The molecule has 4 amide bonds. The van der Waals surface area contributed by atoms with Crippen LogP contribution in [0.5, 0.6) is 11.5 Å². The van der Waals surface area contributed by atoms with Crippen LogP contribution in [0.25, 0.3) is 6.08 Å². The third-order valence-corrected chi connectivity index (χ3v) is 4.40. The van der Waals surface area contributed by atoms with Crippen molar-refractivity contribution in [2.75, 3.05) is 12.0 Å². The normalized spacial score (nSPS) is 15.7. The van der Waals surface area contributed by atoms with Crippen molar-refractivity contribution in [2.24, 2.45) is 0 Å². The van der Waals surface area contributed by atoms with E-state index in [9.17, 15) is 14.4 Å². The van der Waals surface area contributed by atoms with Gasteiger partial charge in [0.2, 0.25) is 0 Å². The number of benzene rings is 2. The van der Waals surface area contributed by atoms with Crippen LogP contribution in [0.15, 0.2) is 48.0 Å². The maximum atomic E-state index is 13.0. The monoisotopic (exact) mass is 414 g/mol. The molecule has 0 bridgehead atoms. The Morgan fingerprint density at radius 1 is 1.10 bits per heavy atom. The largest absolute Gasteiger partial charge is 0.497 e. The molecule has 1 saturated heterocycles. The topological polar surface area (TPSA) is 84.9 Å². The van der Waals surface area contributed by atoms with E-state index < -0.39 is 17.8 Å². The van der Waals surface area contributed by atoms with Crippen LogP contribution in [-0.2, 0) is 9.59 Å². The summed E-state index contributed by atoms with van der Waals surface area (Å²) in [6.07, 6.45) is 1.24. The molecular formula is C21H19ClN2O5. The maximum absolute atomic E-state index is 13.0. The molecule has 3 rings (SSSR count). The van der Waals surface area contributed by atoms with Crippen LogP contribution in [0.1, 0.15) is 19.4 Å². The predicted molar refractivity (Wildman–Crippen MR) is 109 cm³/mol. The fourth-order valence-electron chi connectivity index (χ4n) is 2.78. The number of carbonyl (C=O) groups is 3. The third-order valence-electron chi connectivity index (χ3n) is 4.08. The lowest BCUT2D eigenvalue weighted by atomic mass is 10.1. The summed E-state index contributed by atoms with van der Waals surface area (Å²) >= 11 is 6.14. The number of hydrogen-bond donors (Lipinski definition) is 1. The first-order valence-electron chi connectivity index (χ1n) is 8.82. The van der Waals surface area contributed by atoms with Gasteiger partial charge >= 0.3 is 6.03 Å². The minimum atomic E-state index is -0.862. The van der Waals surface area contributed by atoms with Gasteiger partial charge in [0, 0.05) is 11.6 Å². The van der Waals surface area contributed by atoms with Gasteiger partial charge < -0.3 is 9.47 Å². The van der Waals surface area contributed by atoms with Gasteiger partial charge in [-0.15, -0.1) is 0 Å². The molecule has 7 nitrogen and oxygen atoms in total. The predicted octanol–water partition coefficient (Wildman–Crippen LogP) is 3.80. The lowest BCUT2D eigenvalue weighted by Crippen LogP contribution is -2.54. The van der Waals surface area contributed by atoms with Gasteiger partial charge in [0.15, 0.2) is 0 Å². The van der Waals surface area contributed by atoms with Gasteiger partial charge in [-0.1, -0.05) is 23.7 Å². The molecule has 2 aromatic rings. The highest BCUT2D eigenvalue weighted by Crippen LogP contribution is 2.31. The van der Waals surface area contributed by atoms with Crippen LogP contribution in [0.2, 0.25) is 5.02 Å². The summed E-state index contributed by atoms with van der Waals surface area (Å²) in [5.41, 5.74) is 0.457. The molecular weight excluding hydrogens is 396 g/mol. The minimum absolute atomic E-state index is 0.142.